The molecule has 0 saturated carbocycles. The predicted octanol–water partition coefficient (Wildman–Crippen LogP) is 1.85. The number of rotatable bonds is 6. The molecule has 0 bridgehead atoms. The molecular weight excluding hydrogens is 262 g/mol. The van der Waals surface area contributed by atoms with E-state index in [2.05, 4.69) is 48.3 Å². The second kappa shape index (κ2) is 7.57. The SMILES string of the molecule is CC(C)c1ccc(CN(CC(N)=O)C2CCNCC2)cc1. The van der Waals surface area contributed by atoms with Gasteiger partial charge in [-0.15, -0.1) is 0 Å². The number of carbonyl (C=O) groups excluding carboxylic acids is 1. The van der Waals surface area contributed by atoms with E-state index in [9.17, 15) is 4.79 Å². The number of benzene rings is 1. The Kier molecular flexibility index (Phi) is 5.76. The summed E-state index contributed by atoms with van der Waals surface area (Å²) in [5, 5.41) is 3.36. The Morgan fingerprint density at radius 2 is 1.90 bits per heavy atom. The van der Waals surface area contributed by atoms with E-state index in [-0.39, 0.29) is 5.91 Å². The lowest BCUT2D eigenvalue weighted by atomic mass is 10.0. The van der Waals surface area contributed by atoms with Crippen LogP contribution in [0.3, 0.4) is 0 Å². The molecule has 1 fully saturated rings. The normalized spacial score (nSPS) is 16.6. The minimum absolute atomic E-state index is 0.243. The number of carbonyl (C=O) groups is 1. The van der Waals surface area contributed by atoms with Gasteiger partial charge >= 0.3 is 0 Å². The Balaban J connectivity index is 2.04. The fourth-order valence-corrected chi connectivity index (χ4v) is 2.93. The van der Waals surface area contributed by atoms with Crippen molar-refractivity contribution in [1.82, 2.24) is 10.2 Å². The molecule has 1 aliphatic heterocycles. The molecule has 0 aromatic heterocycles. The molecule has 4 heteroatoms. The number of nitrogens with two attached hydrogens (primary N) is 1. The van der Waals surface area contributed by atoms with Crippen LogP contribution in [-0.2, 0) is 11.3 Å². The van der Waals surface area contributed by atoms with Crippen LogP contribution in [0, 0.1) is 0 Å². The average molecular weight is 289 g/mol. The summed E-state index contributed by atoms with van der Waals surface area (Å²) >= 11 is 0. The number of amides is 1. The standard InChI is InChI=1S/C17H27N3O/c1-13(2)15-5-3-14(4-6-15)11-20(12-17(18)21)16-7-9-19-10-8-16/h3-6,13,16,19H,7-12H2,1-2H3,(H2,18,21). The highest BCUT2D eigenvalue weighted by molar-refractivity contribution is 5.75. The molecule has 2 rings (SSSR count). The first-order valence-electron chi connectivity index (χ1n) is 7.88. The topological polar surface area (TPSA) is 58.4 Å². The molecule has 4 nitrogen and oxygen atoms in total. The van der Waals surface area contributed by atoms with E-state index in [4.69, 9.17) is 5.73 Å². The third kappa shape index (κ3) is 4.83. The minimum Gasteiger partial charge on any atom is -0.369 e. The first-order valence-corrected chi connectivity index (χ1v) is 7.88. The molecule has 1 amide bonds. The molecule has 1 saturated heterocycles. The van der Waals surface area contributed by atoms with E-state index in [1.807, 2.05) is 0 Å². The summed E-state index contributed by atoms with van der Waals surface area (Å²) in [6.07, 6.45) is 2.16. The number of hydrogen-bond donors (Lipinski definition) is 2. The van der Waals surface area contributed by atoms with Gasteiger partial charge in [-0.1, -0.05) is 38.1 Å². The molecule has 1 aromatic rings. The van der Waals surface area contributed by atoms with Crippen molar-refractivity contribution < 1.29 is 4.79 Å². The monoisotopic (exact) mass is 289 g/mol. The van der Waals surface area contributed by atoms with Gasteiger partial charge in [0, 0.05) is 12.6 Å². The van der Waals surface area contributed by atoms with Gasteiger partial charge in [0.2, 0.25) is 5.91 Å². The lowest BCUT2D eigenvalue weighted by Crippen LogP contribution is -2.46. The van der Waals surface area contributed by atoms with E-state index >= 15 is 0 Å². The molecule has 0 aliphatic carbocycles. The van der Waals surface area contributed by atoms with Crippen molar-refractivity contribution in [2.24, 2.45) is 5.73 Å². The first kappa shape index (κ1) is 16.0. The van der Waals surface area contributed by atoms with E-state index in [0.717, 1.165) is 32.5 Å². The number of nitrogens with one attached hydrogen (secondary N) is 1. The third-order valence-electron chi connectivity index (χ3n) is 4.22. The number of nitrogens with zero attached hydrogens (tertiary/aromatic N) is 1. The molecule has 0 unspecified atom stereocenters. The van der Waals surface area contributed by atoms with Crippen LogP contribution in [0.5, 0.6) is 0 Å². The Morgan fingerprint density at radius 3 is 2.43 bits per heavy atom. The summed E-state index contributed by atoms with van der Waals surface area (Å²) in [6, 6.07) is 9.16. The largest absolute Gasteiger partial charge is 0.369 e. The summed E-state index contributed by atoms with van der Waals surface area (Å²) in [5.41, 5.74) is 8.02. The fraction of sp³-hybridized carbons (Fsp3) is 0.588. The molecule has 1 aromatic carbocycles. The zero-order chi connectivity index (χ0) is 15.2. The van der Waals surface area contributed by atoms with Crippen molar-refractivity contribution >= 4 is 5.91 Å². The molecule has 21 heavy (non-hydrogen) atoms. The maximum Gasteiger partial charge on any atom is 0.231 e. The lowest BCUT2D eigenvalue weighted by molar-refractivity contribution is -0.120. The van der Waals surface area contributed by atoms with Gasteiger partial charge in [0.1, 0.15) is 0 Å². The minimum atomic E-state index is -0.243. The Labute approximate surface area is 127 Å². The smallest absolute Gasteiger partial charge is 0.231 e. The third-order valence-corrected chi connectivity index (χ3v) is 4.22. The van der Waals surface area contributed by atoms with Crippen molar-refractivity contribution in [2.75, 3.05) is 19.6 Å². The number of piperidine rings is 1. The Hall–Kier alpha value is -1.39. The second-order valence-electron chi connectivity index (χ2n) is 6.25. The van der Waals surface area contributed by atoms with Crippen LogP contribution < -0.4 is 11.1 Å². The molecule has 1 aliphatic rings. The van der Waals surface area contributed by atoms with Gasteiger partial charge in [-0.05, 0) is 43.0 Å². The van der Waals surface area contributed by atoms with Gasteiger partial charge in [0.25, 0.3) is 0 Å². The van der Waals surface area contributed by atoms with E-state index < -0.39 is 0 Å². The molecule has 0 spiro atoms. The molecule has 0 radical (unpaired) electrons. The molecule has 116 valence electrons. The number of primary amides is 1. The molecule has 0 atom stereocenters. The van der Waals surface area contributed by atoms with E-state index in [1.54, 1.807) is 0 Å². The van der Waals surface area contributed by atoms with Crippen molar-refractivity contribution in [2.45, 2.75) is 45.2 Å². The Bertz CT molecular complexity index is 450. The van der Waals surface area contributed by atoms with Crippen LogP contribution in [0.1, 0.15) is 43.7 Å². The van der Waals surface area contributed by atoms with Gasteiger partial charge in [-0.3, -0.25) is 9.69 Å². The maximum atomic E-state index is 11.4. The van der Waals surface area contributed by atoms with Crippen LogP contribution in [0.25, 0.3) is 0 Å². The summed E-state index contributed by atoms with van der Waals surface area (Å²) in [5.74, 6) is 0.303. The Morgan fingerprint density at radius 1 is 1.29 bits per heavy atom. The molecule has 3 N–H and O–H groups in total. The summed E-state index contributed by atoms with van der Waals surface area (Å²) in [7, 11) is 0. The van der Waals surface area contributed by atoms with Crippen molar-refractivity contribution in [3.8, 4) is 0 Å². The van der Waals surface area contributed by atoms with Crippen molar-refractivity contribution in [3.63, 3.8) is 0 Å². The zero-order valence-electron chi connectivity index (χ0n) is 13.1. The summed E-state index contributed by atoms with van der Waals surface area (Å²) < 4.78 is 0. The van der Waals surface area contributed by atoms with Crippen LogP contribution in [0.4, 0.5) is 0 Å². The van der Waals surface area contributed by atoms with Gasteiger partial charge in [0.15, 0.2) is 0 Å². The maximum absolute atomic E-state index is 11.4. The predicted molar refractivity (Wildman–Crippen MR) is 86.0 cm³/mol. The van der Waals surface area contributed by atoms with Crippen molar-refractivity contribution in [1.29, 1.82) is 0 Å². The number of hydrogen-bond acceptors (Lipinski definition) is 3. The van der Waals surface area contributed by atoms with E-state index in [1.165, 1.54) is 11.1 Å². The van der Waals surface area contributed by atoms with Gasteiger partial charge in [0.05, 0.1) is 6.54 Å². The lowest BCUT2D eigenvalue weighted by Gasteiger charge is -2.34. The first-order chi connectivity index (χ1) is 10.1. The van der Waals surface area contributed by atoms with E-state index in [0.29, 0.717) is 18.5 Å². The zero-order valence-corrected chi connectivity index (χ0v) is 13.1. The quantitative estimate of drug-likeness (QED) is 0.840. The van der Waals surface area contributed by atoms with Gasteiger partial charge < -0.3 is 11.1 Å². The summed E-state index contributed by atoms with van der Waals surface area (Å²) in [6.45, 7) is 7.58. The average Bonchev–Trinajstić information content (AvgIpc) is 2.47. The fourth-order valence-electron chi connectivity index (χ4n) is 2.93. The highest BCUT2D eigenvalue weighted by Crippen LogP contribution is 2.18. The molecule has 1 heterocycles. The van der Waals surface area contributed by atoms with Crippen molar-refractivity contribution in [3.05, 3.63) is 35.4 Å². The van der Waals surface area contributed by atoms with Gasteiger partial charge in [-0.25, -0.2) is 0 Å². The van der Waals surface area contributed by atoms with Crippen LogP contribution in [-0.4, -0.2) is 36.5 Å². The van der Waals surface area contributed by atoms with Gasteiger partial charge in [-0.2, -0.15) is 0 Å². The summed E-state index contributed by atoms with van der Waals surface area (Å²) in [4.78, 5) is 13.6. The second-order valence-corrected chi connectivity index (χ2v) is 6.25. The van der Waals surface area contributed by atoms with Crippen LogP contribution in [0.2, 0.25) is 0 Å². The molecular formula is C17H27N3O. The van der Waals surface area contributed by atoms with Crippen LogP contribution in [0.15, 0.2) is 24.3 Å². The highest BCUT2D eigenvalue weighted by Gasteiger charge is 2.22. The van der Waals surface area contributed by atoms with Crippen LogP contribution >= 0.6 is 0 Å². The highest BCUT2D eigenvalue weighted by atomic mass is 16.1.